The number of hydrogen-bond donors (Lipinski definition) is 0. The molecule has 0 aliphatic carbocycles. The number of nitro benzene ring substituents is 1. The first-order valence-electron chi connectivity index (χ1n) is 7.35. The molecule has 118 valence electrons. The van der Waals surface area contributed by atoms with Gasteiger partial charge in [0.25, 0.3) is 5.69 Å². The average molecular weight is 311 g/mol. The summed E-state index contributed by atoms with van der Waals surface area (Å²) in [7, 11) is 1.99. The number of aryl methyl sites for hydroxylation is 1. The summed E-state index contributed by atoms with van der Waals surface area (Å²) >= 11 is 0. The van der Waals surface area contributed by atoms with Gasteiger partial charge in [-0.1, -0.05) is 0 Å². The van der Waals surface area contributed by atoms with E-state index in [4.69, 9.17) is 0 Å². The first-order valence-corrected chi connectivity index (χ1v) is 7.35. The quantitative estimate of drug-likeness (QED) is 0.517. The lowest BCUT2D eigenvalue weighted by atomic mass is 10.1. The van der Waals surface area contributed by atoms with Gasteiger partial charge in [0.1, 0.15) is 0 Å². The highest BCUT2D eigenvalue weighted by Gasteiger charge is 2.16. The number of aromatic nitrogens is 3. The van der Waals surface area contributed by atoms with Crippen LogP contribution in [0.15, 0.2) is 49.3 Å². The van der Waals surface area contributed by atoms with Gasteiger partial charge < -0.3 is 9.47 Å². The molecule has 0 N–H and O–H groups in total. The maximum absolute atomic E-state index is 11.2. The third kappa shape index (κ3) is 3.13. The zero-order valence-corrected chi connectivity index (χ0v) is 12.8. The molecule has 3 aromatic rings. The molecule has 0 saturated heterocycles. The van der Waals surface area contributed by atoms with Gasteiger partial charge in [-0.15, -0.1) is 0 Å². The molecule has 3 rings (SSSR count). The van der Waals surface area contributed by atoms with E-state index in [0.717, 1.165) is 30.6 Å². The van der Waals surface area contributed by atoms with E-state index < -0.39 is 0 Å². The van der Waals surface area contributed by atoms with Crippen LogP contribution < -0.4 is 4.90 Å². The van der Waals surface area contributed by atoms with Crippen LogP contribution in [-0.4, -0.2) is 33.1 Å². The van der Waals surface area contributed by atoms with Gasteiger partial charge in [-0.2, -0.15) is 0 Å². The highest BCUT2D eigenvalue weighted by Crippen LogP contribution is 2.32. The van der Waals surface area contributed by atoms with Crippen molar-refractivity contribution in [2.24, 2.45) is 0 Å². The van der Waals surface area contributed by atoms with E-state index in [1.165, 1.54) is 0 Å². The van der Waals surface area contributed by atoms with Crippen LogP contribution in [0.4, 0.5) is 11.4 Å². The van der Waals surface area contributed by atoms with Crippen molar-refractivity contribution in [2.45, 2.75) is 13.0 Å². The SMILES string of the molecule is CN(CCCn1ccnc1)c1ccc([N+](=O)[O-])c2cnccc12. The number of benzene rings is 1. The number of non-ortho nitro benzene ring substituents is 1. The Balaban J connectivity index is 1.81. The number of nitrogens with zero attached hydrogens (tertiary/aromatic N) is 5. The van der Waals surface area contributed by atoms with Crippen molar-refractivity contribution < 1.29 is 4.92 Å². The fourth-order valence-electron chi connectivity index (χ4n) is 2.68. The van der Waals surface area contributed by atoms with Gasteiger partial charge in [0.2, 0.25) is 0 Å². The second-order valence-electron chi connectivity index (χ2n) is 5.36. The third-order valence-corrected chi connectivity index (χ3v) is 3.85. The molecule has 2 heterocycles. The summed E-state index contributed by atoms with van der Waals surface area (Å²) in [6, 6.07) is 5.17. The van der Waals surface area contributed by atoms with E-state index in [2.05, 4.69) is 14.9 Å². The Morgan fingerprint density at radius 1 is 1.22 bits per heavy atom. The summed E-state index contributed by atoms with van der Waals surface area (Å²) in [6.07, 6.45) is 9.67. The molecule has 1 aromatic carbocycles. The van der Waals surface area contributed by atoms with Crippen LogP contribution in [0.1, 0.15) is 6.42 Å². The zero-order chi connectivity index (χ0) is 16.2. The van der Waals surface area contributed by atoms with E-state index in [1.54, 1.807) is 37.1 Å². The molecule has 0 spiro atoms. The minimum Gasteiger partial charge on any atom is -0.374 e. The van der Waals surface area contributed by atoms with Gasteiger partial charge in [-0.3, -0.25) is 15.1 Å². The lowest BCUT2D eigenvalue weighted by Crippen LogP contribution is -2.20. The molecule has 7 nitrogen and oxygen atoms in total. The molecule has 7 heteroatoms. The predicted octanol–water partition coefficient (Wildman–Crippen LogP) is 2.87. The normalized spacial score (nSPS) is 10.8. The molecule has 0 amide bonds. The predicted molar refractivity (Wildman–Crippen MR) is 88.5 cm³/mol. The maximum atomic E-state index is 11.2. The molecule has 0 aliphatic heterocycles. The van der Waals surface area contributed by atoms with E-state index in [-0.39, 0.29) is 10.6 Å². The monoisotopic (exact) mass is 311 g/mol. The molecule has 0 fully saturated rings. The lowest BCUT2D eigenvalue weighted by Gasteiger charge is -2.21. The van der Waals surface area contributed by atoms with Crippen LogP contribution in [0, 0.1) is 10.1 Å². The Morgan fingerprint density at radius 3 is 2.83 bits per heavy atom. The van der Waals surface area contributed by atoms with Crippen molar-refractivity contribution in [1.29, 1.82) is 0 Å². The van der Waals surface area contributed by atoms with Crippen molar-refractivity contribution in [3.63, 3.8) is 0 Å². The minimum absolute atomic E-state index is 0.0867. The smallest absolute Gasteiger partial charge is 0.278 e. The molecule has 2 aromatic heterocycles. The van der Waals surface area contributed by atoms with Crippen LogP contribution in [0.2, 0.25) is 0 Å². The number of anilines is 1. The third-order valence-electron chi connectivity index (χ3n) is 3.85. The van der Waals surface area contributed by atoms with E-state index in [0.29, 0.717) is 5.39 Å². The molecular formula is C16H17N5O2. The van der Waals surface area contributed by atoms with Gasteiger partial charge >= 0.3 is 0 Å². The highest BCUT2D eigenvalue weighted by atomic mass is 16.6. The zero-order valence-electron chi connectivity index (χ0n) is 12.8. The standard InChI is InChI=1S/C16H17N5O2/c1-19(8-2-9-20-10-7-18-12-20)15-3-4-16(21(22)23)14-11-17-6-5-13(14)15/h3-7,10-12H,2,8-9H2,1H3. The Labute approximate surface area is 133 Å². The number of fused-ring (bicyclic) bond motifs is 1. The molecule has 0 atom stereocenters. The number of nitro groups is 1. The second kappa shape index (κ2) is 6.43. The molecule has 0 unspecified atom stereocenters. The van der Waals surface area contributed by atoms with E-state index >= 15 is 0 Å². The van der Waals surface area contributed by atoms with Gasteiger partial charge in [0.05, 0.1) is 16.6 Å². The molecular weight excluding hydrogens is 294 g/mol. The van der Waals surface area contributed by atoms with Crippen molar-refractivity contribution in [3.05, 3.63) is 59.4 Å². The van der Waals surface area contributed by atoms with Crippen LogP contribution in [0.5, 0.6) is 0 Å². The van der Waals surface area contributed by atoms with Crippen molar-refractivity contribution >= 4 is 22.1 Å². The largest absolute Gasteiger partial charge is 0.374 e. The lowest BCUT2D eigenvalue weighted by molar-refractivity contribution is -0.383. The van der Waals surface area contributed by atoms with Crippen LogP contribution in [0.25, 0.3) is 10.8 Å². The molecule has 0 radical (unpaired) electrons. The van der Waals surface area contributed by atoms with Crippen molar-refractivity contribution in [1.82, 2.24) is 14.5 Å². The van der Waals surface area contributed by atoms with Crippen LogP contribution in [0.3, 0.4) is 0 Å². The summed E-state index contributed by atoms with van der Waals surface area (Å²) in [5, 5.41) is 12.6. The van der Waals surface area contributed by atoms with Crippen LogP contribution >= 0.6 is 0 Å². The highest BCUT2D eigenvalue weighted by molar-refractivity contribution is 5.99. The Hall–Kier alpha value is -2.96. The molecule has 0 saturated carbocycles. The van der Waals surface area contributed by atoms with Gasteiger partial charge in [0, 0.05) is 62.1 Å². The summed E-state index contributed by atoms with van der Waals surface area (Å²) in [4.78, 5) is 20.9. The average Bonchev–Trinajstić information content (AvgIpc) is 3.07. The number of hydrogen-bond acceptors (Lipinski definition) is 5. The summed E-state index contributed by atoms with van der Waals surface area (Å²) in [6.45, 7) is 1.73. The fourth-order valence-corrected chi connectivity index (χ4v) is 2.68. The topological polar surface area (TPSA) is 77.1 Å². The number of rotatable bonds is 6. The first-order chi connectivity index (χ1) is 11.2. The Bertz CT molecular complexity index is 816. The van der Waals surface area contributed by atoms with Crippen LogP contribution in [-0.2, 0) is 6.54 Å². The van der Waals surface area contributed by atoms with Gasteiger partial charge in [-0.05, 0) is 18.6 Å². The van der Waals surface area contributed by atoms with Crippen molar-refractivity contribution in [3.8, 4) is 0 Å². The molecule has 0 aliphatic rings. The van der Waals surface area contributed by atoms with E-state index in [9.17, 15) is 10.1 Å². The Kier molecular flexibility index (Phi) is 4.18. The molecule has 0 bridgehead atoms. The minimum atomic E-state index is -0.368. The van der Waals surface area contributed by atoms with Gasteiger partial charge in [0.15, 0.2) is 0 Å². The van der Waals surface area contributed by atoms with Crippen molar-refractivity contribution in [2.75, 3.05) is 18.5 Å². The second-order valence-corrected chi connectivity index (χ2v) is 5.36. The molecule has 23 heavy (non-hydrogen) atoms. The summed E-state index contributed by atoms with van der Waals surface area (Å²) < 4.78 is 2.03. The fraction of sp³-hybridized carbons (Fsp3) is 0.250. The summed E-state index contributed by atoms with van der Waals surface area (Å²) in [5.74, 6) is 0. The van der Waals surface area contributed by atoms with E-state index in [1.807, 2.05) is 23.9 Å². The maximum Gasteiger partial charge on any atom is 0.278 e. The number of pyridine rings is 1. The Morgan fingerprint density at radius 2 is 2.09 bits per heavy atom. The summed E-state index contributed by atoms with van der Waals surface area (Å²) in [5.41, 5.74) is 1.06. The first kappa shape index (κ1) is 15.0. The number of imidazole rings is 1. The van der Waals surface area contributed by atoms with Gasteiger partial charge in [-0.25, -0.2) is 4.98 Å².